The second-order valence-corrected chi connectivity index (χ2v) is 4.86. The van der Waals surface area contributed by atoms with Gasteiger partial charge in [-0.05, 0) is 31.5 Å². The van der Waals surface area contributed by atoms with E-state index in [-0.39, 0.29) is 23.3 Å². The summed E-state index contributed by atoms with van der Waals surface area (Å²) in [5.74, 6) is 0.235. The maximum Gasteiger partial charge on any atom is 0.418 e. The molecule has 3 N–H and O–H groups in total. The number of ether oxygens (including phenoxy) is 1. The van der Waals surface area contributed by atoms with Crippen molar-refractivity contribution in [3.05, 3.63) is 23.8 Å². The lowest BCUT2D eigenvalue weighted by atomic mass is 10.00. The molecule has 0 spiro atoms. The topological polar surface area (TPSA) is 47.3 Å². The van der Waals surface area contributed by atoms with E-state index in [0.717, 1.165) is 12.5 Å². The van der Waals surface area contributed by atoms with Gasteiger partial charge in [0.15, 0.2) is 0 Å². The van der Waals surface area contributed by atoms with Crippen molar-refractivity contribution in [1.29, 1.82) is 0 Å². The summed E-state index contributed by atoms with van der Waals surface area (Å²) in [5.41, 5.74) is 4.88. The third-order valence-electron chi connectivity index (χ3n) is 3.40. The number of benzene rings is 1. The molecule has 2 atom stereocenters. The quantitative estimate of drug-likeness (QED) is 0.832. The molecular weight excluding hydrogens is 257 g/mol. The van der Waals surface area contributed by atoms with Gasteiger partial charge in [0.25, 0.3) is 0 Å². The number of halogens is 3. The number of rotatable bonds is 3. The van der Waals surface area contributed by atoms with Gasteiger partial charge < -0.3 is 15.8 Å². The number of anilines is 2. The molecule has 3 nitrogen and oxygen atoms in total. The van der Waals surface area contributed by atoms with Crippen molar-refractivity contribution in [2.75, 3.05) is 24.3 Å². The minimum absolute atomic E-state index is 0.0705. The molecule has 6 heteroatoms. The van der Waals surface area contributed by atoms with Crippen molar-refractivity contribution in [3.8, 4) is 0 Å². The molecule has 1 aliphatic rings. The van der Waals surface area contributed by atoms with E-state index >= 15 is 0 Å². The molecule has 1 aromatic rings. The average Bonchev–Trinajstić information content (AvgIpc) is 2.83. The normalized spacial score (nSPS) is 21.4. The predicted molar refractivity (Wildman–Crippen MR) is 67.9 cm³/mol. The van der Waals surface area contributed by atoms with Gasteiger partial charge in [-0.2, -0.15) is 13.2 Å². The molecule has 1 heterocycles. The lowest BCUT2D eigenvalue weighted by Gasteiger charge is -2.23. The molecule has 106 valence electrons. The van der Waals surface area contributed by atoms with Crippen LogP contribution in [0.5, 0.6) is 0 Å². The van der Waals surface area contributed by atoms with Crippen LogP contribution >= 0.6 is 0 Å². The standard InChI is InChI=1S/C13H17F3N2O/c1-8(9-4-5-19-7-9)18-12-3-2-10(17)6-11(12)13(14,15)16/h2-3,6,8-9,18H,4-5,7,17H2,1H3. The minimum atomic E-state index is -4.41. The van der Waals surface area contributed by atoms with Crippen LogP contribution in [-0.4, -0.2) is 19.3 Å². The zero-order valence-corrected chi connectivity index (χ0v) is 10.6. The highest BCUT2D eigenvalue weighted by atomic mass is 19.4. The number of nitrogens with one attached hydrogen (secondary N) is 1. The summed E-state index contributed by atoms with van der Waals surface area (Å²) in [4.78, 5) is 0. The Bertz CT molecular complexity index is 442. The number of hydrogen-bond donors (Lipinski definition) is 2. The van der Waals surface area contributed by atoms with Crippen LogP contribution in [0.4, 0.5) is 24.5 Å². The van der Waals surface area contributed by atoms with Crippen LogP contribution in [0.2, 0.25) is 0 Å². The van der Waals surface area contributed by atoms with E-state index in [1.165, 1.54) is 12.1 Å². The van der Waals surface area contributed by atoms with E-state index in [0.29, 0.717) is 13.2 Å². The molecule has 0 radical (unpaired) electrons. The first-order valence-corrected chi connectivity index (χ1v) is 6.19. The number of hydrogen-bond acceptors (Lipinski definition) is 3. The lowest BCUT2D eigenvalue weighted by Crippen LogP contribution is -2.27. The summed E-state index contributed by atoms with van der Waals surface area (Å²) in [6.45, 7) is 3.13. The molecular formula is C13H17F3N2O. The predicted octanol–water partition coefficient (Wildman–Crippen LogP) is 3.12. The lowest BCUT2D eigenvalue weighted by molar-refractivity contribution is -0.136. The van der Waals surface area contributed by atoms with Crippen LogP contribution in [0.3, 0.4) is 0 Å². The zero-order valence-electron chi connectivity index (χ0n) is 10.6. The Morgan fingerprint density at radius 2 is 2.16 bits per heavy atom. The molecule has 1 aliphatic heterocycles. The Hall–Kier alpha value is -1.43. The maximum atomic E-state index is 12.9. The monoisotopic (exact) mass is 274 g/mol. The smallest absolute Gasteiger partial charge is 0.399 e. The van der Waals surface area contributed by atoms with E-state index in [1.807, 2.05) is 6.92 Å². The van der Waals surface area contributed by atoms with E-state index in [2.05, 4.69) is 5.32 Å². The fraction of sp³-hybridized carbons (Fsp3) is 0.538. The van der Waals surface area contributed by atoms with Crippen LogP contribution in [0, 0.1) is 5.92 Å². The summed E-state index contributed by atoms with van der Waals surface area (Å²) >= 11 is 0. The van der Waals surface area contributed by atoms with Gasteiger partial charge in [0, 0.05) is 29.9 Å². The van der Waals surface area contributed by atoms with Gasteiger partial charge in [-0.1, -0.05) is 0 Å². The molecule has 0 aliphatic carbocycles. The highest BCUT2D eigenvalue weighted by molar-refractivity contribution is 5.59. The first kappa shape index (κ1) is 14.0. The van der Waals surface area contributed by atoms with Gasteiger partial charge >= 0.3 is 6.18 Å². The van der Waals surface area contributed by atoms with Gasteiger partial charge in [-0.25, -0.2) is 0 Å². The largest absolute Gasteiger partial charge is 0.418 e. The Kier molecular flexibility index (Phi) is 3.89. The fourth-order valence-electron chi connectivity index (χ4n) is 2.23. The fourth-order valence-corrected chi connectivity index (χ4v) is 2.23. The van der Waals surface area contributed by atoms with Crippen molar-refractivity contribution in [3.63, 3.8) is 0 Å². The van der Waals surface area contributed by atoms with Crippen LogP contribution < -0.4 is 11.1 Å². The highest BCUT2D eigenvalue weighted by Gasteiger charge is 2.34. The maximum absolute atomic E-state index is 12.9. The van der Waals surface area contributed by atoms with Gasteiger partial charge in [0.2, 0.25) is 0 Å². The molecule has 0 amide bonds. The molecule has 2 unspecified atom stereocenters. The van der Waals surface area contributed by atoms with Crippen molar-refractivity contribution in [2.24, 2.45) is 5.92 Å². The Balaban J connectivity index is 2.19. The second kappa shape index (κ2) is 5.28. The van der Waals surface area contributed by atoms with Crippen molar-refractivity contribution < 1.29 is 17.9 Å². The molecule has 1 aromatic carbocycles. The van der Waals surface area contributed by atoms with E-state index in [1.54, 1.807) is 0 Å². The van der Waals surface area contributed by atoms with E-state index in [9.17, 15) is 13.2 Å². The van der Waals surface area contributed by atoms with Crippen LogP contribution in [-0.2, 0) is 10.9 Å². The summed E-state index contributed by atoms with van der Waals surface area (Å²) < 4.78 is 44.1. The third kappa shape index (κ3) is 3.32. The van der Waals surface area contributed by atoms with Crippen LogP contribution in [0.25, 0.3) is 0 Å². The number of alkyl halides is 3. The SMILES string of the molecule is CC(Nc1ccc(N)cc1C(F)(F)F)C1CCOC1. The number of nitrogens with two attached hydrogens (primary N) is 1. The van der Waals surface area contributed by atoms with Crippen molar-refractivity contribution in [1.82, 2.24) is 0 Å². The van der Waals surface area contributed by atoms with Crippen molar-refractivity contribution >= 4 is 11.4 Å². The van der Waals surface area contributed by atoms with E-state index < -0.39 is 11.7 Å². The van der Waals surface area contributed by atoms with E-state index in [4.69, 9.17) is 10.5 Å². The Morgan fingerprint density at radius 1 is 1.42 bits per heavy atom. The summed E-state index contributed by atoms with van der Waals surface area (Å²) in [6.07, 6.45) is -3.55. The van der Waals surface area contributed by atoms with Gasteiger partial charge in [-0.3, -0.25) is 0 Å². The summed E-state index contributed by atoms with van der Waals surface area (Å²) in [5, 5.41) is 2.93. The number of nitrogen functional groups attached to an aromatic ring is 1. The van der Waals surface area contributed by atoms with Crippen LogP contribution in [0.1, 0.15) is 18.9 Å². The summed E-state index contributed by atoms with van der Waals surface area (Å²) in [7, 11) is 0. The molecule has 0 saturated carbocycles. The molecule has 1 fully saturated rings. The Morgan fingerprint density at radius 3 is 2.74 bits per heavy atom. The Labute approximate surface area is 109 Å². The highest BCUT2D eigenvalue weighted by Crippen LogP contribution is 2.36. The zero-order chi connectivity index (χ0) is 14.0. The first-order chi connectivity index (χ1) is 8.88. The van der Waals surface area contributed by atoms with Crippen LogP contribution in [0.15, 0.2) is 18.2 Å². The summed E-state index contributed by atoms with van der Waals surface area (Å²) in [6, 6.07) is 3.73. The molecule has 1 saturated heterocycles. The third-order valence-corrected chi connectivity index (χ3v) is 3.40. The molecule has 0 bridgehead atoms. The van der Waals surface area contributed by atoms with Gasteiger partial charge in [0.05, 0.1) is 12.2 Å². The first-order valence-electron chi connectivity index (χ1n) is 6.19. The molecule has 2 rings (SSSR count). The minimum Gasteiger partial charge on any atom is -0.399 e. The second-order valence-electron chi connectivity index (χ2n) is 4.86. The van der Waals surface area contributed by atoms with Gasteiger partial charge in [0.1, 0.15) is 0 Å². The van der Waals surface area contributed by atoms with Crippen molar-refractivity contribution in [2.45, 2.75) is 25.6 Å². The molecule has 0 aromatic heterocycles. The molecule has 19 heavy (non-hydrogen) atoms. The average molecular weight is 274 g/mol. The van der Waals surface area contributed by atoms with Gasteiger partial charge in [-0.15, -0.1) is 0 Å².